The van der Waals surface area contributed by atoms with Crippen LogP contribution in [0.1, 0.15) is 24.2 Å². The lowest BCUT2D eigenvalue weighted by molar-refractivity contribution is -0.114. The fourth-order valence-electron chi connectivity index (χ4n) is 2.39. The predicted octanol–water partition coefficient (Wildman–Crippen LogP) is 3.31. The maximum absolute atomic E-state index is 12.8. The third-order valence-corrected chi connectivity index (χ3v) is 3.58. The lowest BCUT2D eigenvalue weighted by Gasteiger charge is -2.08. The van der Waals surface area contributed by atoms with Crippen LogP contribution in [0.3, 0.4) is 0 Å². The zero-order valence-electron chi connectivity index (χ0n) is 15.2. The Morgan fingerprint density at radius 3 is 2.82 bits per heavy atom. The molecule has 3 aromatic rings. The molecule has 0 atom stereocenters. The van der Waals surface area contributed by atoms with E-state index in [2.05, 4.69) is 32.2 Å². The number of benzene rings is 1. The van der Waals surface area contributed by atoms with Gasteiger partial charge in [-0.15, -0.1) is 0 Å². The van der Waals surface area contributed by atoms with Crippen molar-refractivity contribution in [1.29, 1.82) is 0 Å². The van der Waals surface area contributed by atoms with Gasteiger partial charge >= 0.3 is 0 Å². The molecule has 2 amide bonds. The lowest BCUT2D eigenvalue weighted by atomic mass is 10.2. The Morgan fingerprint density at radius 2 is 2.11 bits per heavy atom. The number of nitrogens with zero attached hydrogens (tertiary/aromatic N) is 2. The minimum absolute atomic E-state index is 0.0248. The number of rotatable bonds is 6. The molecule has 0 unspecified atom stereocenters. The standard InChI is InChI=1S/C19H18FN5O3/c1-10(2)23-19(27)14-8-21-17-16(14)25-15(9-22-17)28-13-6-4-5-12(7-13)24-18(26)11(3)20/h4-10H,3H2,1-2H3,(H,21,22)(H,23,27)(H,24,26). The number of hydrogen-bond acceptors (Lipinski definition) is 5. The fraction of sp³-hybridized carbons (Fsp3) is 0.158. The van der Waals surface area contributed by atoms with Crippen molar-refractivity contribution in [1.82, 2.24) is 20.3 Å². The van der Waals surface area contributed by atoms with E-state index in [1.54, 1.807) is 18.2 Å². The van der Waals surface area contributed by atoms with Crippen LogP contribution in [0.5, 0.6) is 11.6 Å². The highest BCUT2D eigenvalue weighted by Crippen LogP contribution is 2.25. The van der Waals surface area contributed by atoms with Crippen molar-refractivity contribution in [3.8, 4) is 11.6 Å². The molecular formula is C19H18FN5O3. The number of amides is 2. The van der Waals surface area contributed by atoms with Gasteiger partial charge in [-0.2, -0.15) is 0 Å². The maximum Gasteiger partial charge on any atom is 0.283 e. The van der Waals surface area contributed by atoms with Gasteiger partial charge in [0.25, 0.3) is 11.8 Å². The van der Waals surface area contributed by atoms with Gasteiger partial charge in [-0.3, -0.25) is 9.59 Å². The van der Waals surface area contributed by atoms with E-state index in [1.165, 1.54) is 18.5 Å². The van der Waals surface area contributed by atoms with Crippen LogP contribution in [-0.4, -0.2) is 32.8 Å². The van der Waals surface area contributed by atoms with E-state index in [4.69, 9.17) is 4.74 Å². The first-order valence-electron chi connectivity index (χ1n) is 8.42. The normalized spacial score (nSPS) is 10.7. The van der Waals surface area contributed by atoms with Crippen molar-refractivity contribution in [2.24, 2.45) is 0 Å². The fourth-order valence-corrected chi connectivity index (χ4v) is 2.39. The highest BCUT2D eigenvalue weighted by atomic mass is 19.1. The quantitative estimate of drug-likeness (QED) is 0.566. The third kappa shape index (κ3) is 4.32. The molecular weight excluding hydrogens is 365 g/mol. The average Bonchev–Trinajstić information content (AvgIpc) is 3.04. The number of H-pyrrole nitrogens is 1. The first-order valence-corrected chi connectivity index (χ1v) is 8.42. The number of carbonyl (C=O) groups excluding carboxylic acids is 2. The molecule has 0 fully saturated rings. The van der Waals surface area contributed by atoms with Crippen molar-refractivity contribution in [2.45, 2.75) is 19.9 Å². The van der Waals surface area contributed by atoms with Gasteiger partial charge in [0.05, 0.1) is 11.8 Å². The lowest BCUT2D eigenvalue weighted by Crippen LogP contribution is -2.29. The van der Waals surface area contributed by atoms with Crippen LogP contribution >= 0.6 is 0 Å². The van der Waals surface area contributed by atoms with E-state index in [0.29, 0.717) is 28.2 Å². The second-order valence-corrected chi connectivity index (χ2v) is 6.22. The van der Waals surface area contributed by atoms with Crippen molar-refractivity contribution in [3.63, 3.8) is 0 Å². The van der Waals surface area contributed by atoms with Gasteiger partial charge in [0, 0.05) is 24.0 Å². The molecule has 0 aliphatic carbocycles. The van der Waals surface area contributed by atoms with Crippen LogP contribution in [0.15, 0.2) is 49.1 Å². The number of ether oxygens (including phenoxy) is 1. The summed E-state index contributed by atoms with van der Waals surface area (Å²) in [6.07, 6.45) is 2.93. The molecule has 28 heavy (non-hydrogen) atoms. The molecule has 9 heteroatoms. The summed E-state index contributed by atoms with van der Waals surface area (Å²) in [4.78, 5) is 35.1. The van der Waals surface area contributed by atoms with Gasteiger partial charge in [0.15, 0.2) is 11.5 Å². The summed E-state index contributed by atoms with van der Waals surface area (Å²) >= 11 is 0. The first-order chi connectivity index (χ1) is 13.3. The molecule has 0 aliphatic rings. The minimum atomic E-state index is -1.10. The van der Waals surface area contributed by atoms with Gasteiger partial charge in [-0.05, 0) is 26.0 Å². The topological polar surface area (TPSA) is 109 Å². The summed E-state index contributed by atoms with van der Waals surface area (Å²) in [5.41, 5.74) is 1.50. The van der Waals surface area contributed by atoms with Gasteiger partial charge < -0.3 is 20.4 Å². The number of fused-ring (bicyclic) bond motifs is 1. The van der Waals surface area contributed by atoms with Gasteiger partial charge in [0.1, 0.15) is 11.3 Å². The van der Waals surface area contributed by atoms with Crippen molar-refractivity contribution < 1.29 is 18.7 Å². The zero-order valence-corrected chi connectivity index (χ0v) is 15.2. The number of halogens is 1. The van der Waals surface area contributed by atoms with Crippen molar-refractivity contribution in [2.75, 3.05) is 5.32 Å². The predicted molar refractivity (Wildman–Crippen MR) is 102 cm³/mol. The number of anilines is 1. The summed E-state index contributed by atoms with van der Waals surface area (Å²) in [5.74, 6) is -1.80. The molecule has 0 aliphatic heterocycles. The van der Waals surface area contributed by atoms with E-state index < -0.39 is 11.7 Å². The highest BCUT2D eigenvalue weighted by molar-refractivity contribution is 6.04. The summed E-state index contributed by atoms with van der Waals surface area (Å²) in [6.45, 7) is 6.66. The largest absolute Gasteiger partial charge is 0.437 e. The number of hydrogen-bond donors (Lipinski definition) is 3. The van der Waals surface area contributed by atoms with Gasteiger partial charge in [-0.1, -0.05) is 12.6 Å². The molecule has 2 heterocycles. The number of nitrogens with one attached hydrogen (secondary N) is 3. The molecule has 3 N–H and O–H groups in total. The Bertz CT molecular complexity index is 1060. The number of aromatic nitrogens is 3. The smallest absolute Gasteiger partial charge is 0.283 e. The molecule has 0 spiro atoms. The number of aromatic amines is 1. The molecule has 2 aromatic heterocycles. The van der Waals surface area contributed by atoms with Crippen LogP contribution in [0.2, 0.25) is 0 Å². The second kappa shape index (κ2) is 7.87. The Kier molecular flexibility index (Phi) is 5.35. The Morgan fingerprint density at radius 1 is 1.32 bits per heavy atom. The van der Waals surface area contributed by atoms with Crippen LogP contribution in [0.4, 0.5) is 10.1 Å². The molecule has 0 saturated carbocycles. The van der Waals surface area contributed by atoms with Gasteiger partial charge in [0.2, 0.25) is 5.88 Å². The Balaban J connectivity index is 1.84. The summed E-state index contributed by atoms with van der Waals surface area (Å²) in [7, 11) is 0. The molecule has 1 aromatic carbocycles. The summed E-state index contributed by atoms with van der Waals surface area (Å²) in [5, 5.41) is 5.14. The van der Waals surface area contributed by atoms with E-state index in [0.717, 1.165) is 0 Å². The Hall–Kier alpha value is -3.75. The van der Waals surface area contributed by atoms with E-state index >= 15 is 0 Å². The molecule has 3 rings (SSSR count). The van der Waals surface area contributed by atoms with Crippen LogP contribution < -0.4 is 15.4 Å². The first kappa shape index (κ1) is 19.0. The van der Waals surface area contributed by atoms with Crippen molar-refractivity contribution >= 4 is 28.7 Å². The third-order valence-electron chi connectivity index (χ3n) is 3.58. The monoisotopic (exact) mass is 383 g/mol. The maximum atomic E-state index is 12.8. The van der Waals surface area contributed by atoms with E-state index in [9.17, 15) is 14.0 Å². The van der Waals surface area contributed by atoms with Gasteiger partial charge in [-0.25, -0.2) is 14.4 Å². The summed E-state index contributed by atoms with van der Waals surface area (Å²) in [6, 6.07) is 6.30. The van der Waals surface area contributed by atoms with Crippen LogP contribution in [0.25, 0.3) is 11.2 Å². The average molecular weight is 383 g/mol. The molecule has 0 bridgehead atoms. The minimum Gasteiger partial charge on any atom is -0.437 e. The zero-order chi connectivity index (χ0) is 20.3. The number of carbonyl (C=O) groups is 2. The molecule has 0 radical (unpaired) electrons. The Labute approximate surface area is 159 Å². The van der Waals surface area contributed by atoms with Crippen LogP contribution in [0, 0.1) is 0 Å². The van der Waals surface area contributed by atoms with Crippen molar-refractivity contribution in [3.05, 3.63) is 54.6 Å². The SMILES string of the molecule is C=C(F)C(=O)Nc1cccc(Oc2cnc3[nH]cc(C(=O)NC(C)C)c3n2)c1. The summed E-state index contributed by atoms with van der Waals surface area (Å²) < 4.78 is 18.5. The van der Waals surface area contributed by atoms with Crippen LogP contribution in [-0.2, 0) is 4.79 Å². The second-order valence-electron chi connectivity index (χ2n) is 6.22. The molecule has 8 nitrogen and oxygen atoms in total. The van der Waals surface area contributed by atoms with E-state index in [-0.39, 0.29) is 17.8 Å². The highest BCUT2D eigenvalue weighted by Gasteiger charge is 2.16. The van der Waals surface area contributed by atoms with E-state index in [1.807, 2.05) is 13.8 Å². The molecule has 144 valence electrons. The molecule has 0 saturated heterocycles.